The van der Waals surface area contributed by atoms with Crippen molar-refractivity contribution in [3.63, 3.8) is 0 Å². The summed E-state index contributed by atoms with van der Waals surface area (Å²) in [6.45, 7) is 4.75. The Balaban J connectivity index is 1.24. The second kappa shape index (κ2) is 13.3. The van der Waals surface area contributed by atoms with Crippen LogP contribution in [0.5, 0.6) is 0 Å². The van der Waals surface area contributed by atoms with Gasteiger partial charge in [-0.15, -0.1) is 0 Å². The van der Waals surface area contributed by atoms with Crippen LogP contribution >= 0.6 is 0 Å². The minimum atomic E-state index is -0.165. The second-order valence-electron chi connectivity index (χ2n) is 16.8. The quantitative estimate of drug-likeness (QED) is 0.168. The third kappa shape index (κ3) is 5.22. The van der Waals surface area contributed by atoms with Gasteiger partial charge < -0.3 is 13.9 Å². The summed E-state index contributed by atoms with van der Waals surface area (Å²) < 4.78 is 9.42. The lowest BCUT2D eigenvalue weighted by Crippen LogP contribution is -2.33. The van der Waals surface area contributed by atoms with E-state index in [9.17, 15) is 0 Å². The third-order valence-corrected chi connectivity index (χ3v) is 13.0. The zero-order valence-electron chi connectivity index (χ0n) is 33.7. The van der Waals surface area contributed by atoms with Crippen LogP contribution < -0.4 is 15.5 Å². The smallest absolute Gasteiger partial charge is 0.154 e. The molecule has 2 aliphatic carbocycles. The summed E-state index contributed by atoms with van der Waals surface area (Å²) in [6, 6.07) is 68.8. The van der Waals surface area contributed by atoms with Crippen LogP contribution in [-0.4, -0.2) is 4.57 Å². The predicted octanol–water partition coefficient (Wildman–Crippen LogP) is 13.7. The summed E-state index contributed by atoms with van der Waals surface area (Å²) in [5.41, 5.74) is 18.7. The molecule has 3 nitrogen and oxygen atoms in total. The first kappa shape index (κ1) is 34.7. The van der Waals surface area contributed by atoms with Gasteiger partial charge in [-0.3, -0.25) is 0 Å². The van der Waals surface area contributed by atoms with Gasteiger partial charge in [0.05, 0.1) is 22.4 Å². The van der Waals surface area contributed by atoms with E-state index in [1.54, 1.807) is 0 Å². The van der Waals surface area contributed by atoms with Crippen LogP contribution in [0.15, 0.2) is 192 Å². The summed E-state index contributed by atoms with van der Waals surface area (Å²) in [6.07, 6.45) is 4.12. The van der Waals surface area contributed by atoms with E-state index in [4.69, 9.17) is 4.42 Å². The minimum absolute atomic E-state index is 0.165. The van der Waals surface area contributed by atoms with E-state index in [2.05, 4.69) is 217 Å². The summed E-state index contributed by atoms with van der Waals surface area (Å²) in [5, 5.41) is 4.75. The Morgan fingerprint density at radius 3 is 2.00 bits per heavy atom. The van der Waals surface area contributed by atoms with Gasteiger partial charge in [0.15, 0.2) is 5.42 Å². The summed E-state index contributed by atoms with van der Waals surface area (Å²) in [4.78, 5) is 2.56. The van der Waals surface area contributed by atoms with Crippen LogP contribution in [0.2, 0.25) is 0 Å². The normalized spacial score (nSPS) is 13.9. The highest BCUT2D eigenvalue weighted by atomic mass is 16.3. The van der Waals surface area contributed by atoms with E-state index in [0.29, 0.717) is 0 Å². The van der Waals surface area contributed by atoms with Crippen molar-refractivity contribution >= 4 is 55.9 Å². The first-order valence-corrected chi connectivity index (χ1v) is 21.1. The largest absolute Gasteiger partial charge is 0.454 e. The first-order valence-electron chi connectivity index (χ1n) is 21.1. The van der Waals surface area contributed by atoms with Gasteiger partial charge in [0, 0.05) is 38.2 Å². The second-order valence-corrected chi connectivity index (χ2v) is 16.8. The molecule has 0 aliphatic heterocycles. The number of aromatic nitrogens is 1. The van der Waals surface area contributed by atoms with E-state index in [0.717, 1.165) is 57.4 Å². The molecule has 0 unspecified atom stereocenters. The molecule has 2 heterocycles. The van der Waals surface area contributed by atoms with Crippen molar-refractivity contribution in [3.05, 3.63) is 210 Å². The van der Waals surface area contributed by atoms with Gasteiger partial charge in [-0.25, -0.2) is 0 Å². The molecule has 0 amide bonds. The molecule has 0 N–H and O–H groups in total. The van der Waals surface area contributed by atoms with Crippen molar-refractivity contribution in [2.45, 2.75) is 32.1 Å². The van der Waals surface area contributed by atoms with Gasteiger partial charge in [0.2, 0.25) is 0 Å². The Kier molecular flexibility index (Phi) is 7.71. The summed E-state index contributed by atoms with van der Waals surface area (Å²) >= 11 is 0. The average molecular weight is 771 g/mol. The number of hydrogen-bond donors (Lipinski definition) is 0. The van der Waals surface area contributed by atoms with E-state index >= 15 is 0 Å². The lowest BCUT2D eigenvalue weighted by molar-refractivity contribution is 0.566. The fourth-order valence-electron chi connectivity index (χ4n) is 10.2. The molecule has 0 radical (unpaired) electrons. The molecule has 3 heteroatoms. The van der Waals surface area contributed by atoms with Crippen molar-refractivity contribution in [1.29, 1.82) is 0 Å². The molecule has 0 saturated carbocycles. The number of anilines is 2. The first-order chi connectivity index (χ1) is 29.5. The highest BCUT2D eigenvalue weighted by Crippen LogP contribution is 2.52. The molecular weight excluding hydrogens is 729 g/mol. The molecule has 286 valence electrons. The average Bonchev–Trinajstić information content (AvgIpc) is 3.93. The number of nitrogens with zero attached hydrogens (tertiary/aromatic N) is 2. The maximum Gasteiger partial charge on any atom is 0.154 e. The topological polar surface area (TPSA) is 21.3 Å². The van der Waals surface area contributed by atoms with Crippen LogP contribution in [0.4, 0.5) is 11.4 Å². The molecule has 2 aliphatic rings. The van der Waals surface area contributed by atoms with E-state index in [-0.39, 0.29) is 5.41 Å². The van der Waals surface area contributed by atoms with E-state index in [1.807, 2.05) is 0 Å². The number of para-hydroxylation sites is 2. The van der Waals surface area contributed by atoms with Crippen LogP contribution in [-0.2, 0) is 5.41 Å². The Morgan fingerprint density at radius 2 is 1.20 bits per heavy atom. The fourth-order valence-corrected chi connectivity index (χ4v) is 10.2. The van der Waals surface area contributed by atoms with Gasteiger partial charge in [0.1, 0.15) is 5.58 Å². The van der Waals surface area contributed by atoms with Crippen molar-refractivity contribution < 1.29 is 4.42 Å². The van der Waals surface area contributed by atoms with Crippen molar-refractivity contribution in [2.75, 3.05) is 4.90 Å². The van der Waals surface area contributed by atoms with Crippen molar-refractivity contribution in [3.8, 4) is 39.1 Å². The Morgan fingerprint density at radius 1 is 0.533 bits per heavy atom. The molecule has 0 fully saturated rings. The number of rotatable bonds is 6. The van der Waals surface area contributed by atoms with Gasteiger partial charge in [-0.05, 0) is 106 Å². The summed E-state index contributed by atoms with van der Waals surface area (Å²) in [7, 11) is 0. The molecule has 12 rings (SSSR count). The Hall–Kier alpha value is -7.36. The maximum absolute atomic E-state index is 6.95. The SMILES string of the molecule is CC1(C)c2ccccc2-c2ccc(N(C3=c4oc5ccccc5c4=CCC3)c3cc(-c4ccccc4)cc4c3c3ccc(-c5ccccc5)cc3n4-c3ccccc3)cc21. The summed E-state index contributed by atoms with van der Waals surface area (Å²) in [5.74, 6) is 0. The molecule has 2 aromatic heterocycles. The standard InChI is InChI=1S/C57H42N2O/c1-57(2)48-26-14-12-23-43(48)44-32-30-42(36-49(44)57)59(50-27-16-25-46-45-24-13-15-28-54(45)60-56(46)50)53-35-40(38-19-8-4-9-20-38)34-52-55(53)47-31-29-39(37-17-6-3-7-18-37)33-51(47)58(52)41-21-10-5-11-22-41/h3-15,17-26,28-36H,16,27H2,1-2H3. The third-order valence-electron chi connectivity index (χ3n) is 13.0. The van der Waals surface area contributed by atoms with Crippen LogP contribution in [0.1, 0.15) is 37.8 Å². The molecule has 10 aromatic rings. The predicted molar refractivity (Wildman–Crippen MR) is 250 cm³/mol. The van der Waals surface area contributed by atoms with Crippen LogP contribution in [0.3, 0.4) is 0 Å². The van der Waals surface area contributed by atoms with Crippen LogP contribution in [0, 0.1) is 0 Å². The lowest BCUT2D eigenvalue weighted by atomic mass is 9.82. The number of fused-ring (bicyclic) bond motifs is 9. The fraction of sp³-hybridized carbons (Fsp3) is 0.0877. The van der Waals surface area contributed by atoms with E-state index < -0.39 is 0 Å². The van der Waals surface area contributed by atoms with Gasteiger partial charge in [-0.1, -0.05) is 159 Å². The van der Waals surface area contributed by atoms with Gasteiger partial charge >= 0.3 is 0 Å². The number of benzene rings is 8. The van der Waals surface area contributed by atoms with E-state index in [1.165, 1.54) is 66.1 Å². The van der Waals surface area contributed by atoms with Crippen molar-refractivity contribution in [1.82, 2.24) is 4.57 Å². The zero-order valence-corrected chi connectivity index (χ0v) is 33.7. The molecule has 0 atom stereocenters. The highest BCUT2D eigenvalue weighted by Gasteiger charge is 2.36. The van der Waals surface area contributed by atoms with Gasteiger partial charge in [0.25, 0.3) is 0 Å². The minimum Gasteiger partial charge on any atom is -0.454 e. The maximum atomic E-state index is 6.95. The molecule has 0 bridgehead atoms. The Bertz CT molecular complexity index is 3450. The molecular formula is C57H42N2O. The van der Waals surface area contributed by atoms with Crippen LogP contribution in [0.25, 0.3) is 83.6 Å². The van der Waals surface area contributed by atoms with Crippen molar-refractivity contribution in [2.24, 2.45) is 0 Å². The van der Waals surface area contributed by atoms with Gasteiger partial charge in [-0.2, -0.15) is 0 Å². The number of hydrogen-bond acceptors (Lipinski definition) is 2. The zero-order chi connectivity index (χ0) is 40.0. The monoisotopic (exact) mass is 770 g/mol. The lowest BCUT2D eigenvalue weighted by Gasteiger charge is -2.31. The number of furan rings is 1. The Labute approximate surface area is 349 Å². The molecule has 8 aromatic carbocycles. The molecule has 0 spiro atoms. The molecule has 0 saturated heterocycles. The highest BCUT2D eigenvalue weighted by molar-refractivity contribution is 6.18. The molecule has 60 heavy (non-hydrogen) atoms.